The molecule has 1 unspecified atom stereocenters. The highest BCUT2D eigenvalue weighted by atomic mass is 16.7. The van der Waals surface area contributed by atoms with Crippen molar-refractivity contribution in [2.24, 2.45) is 0 Å². The van der Waals surface area contributed by atoms with Crippen molar-refractivity contribution >= 4 is 17.5 Å². The van der Waals surface area contributed by atoms with Gasteiger partial charge < -0.3 is 24.4 Å². The highest BCUT2D eigenvalue weighted by Gasteiger charge is 2.57. The van der Waals surface area contributed by atoms with Gasteiger partial charge in [-0.25, -0.2) is 0 Å². The van der Waals surface area contributed by atoms with Crippen molar-refractivity contribution in [3.05, 3.63) is 82.9 Å². The third kappa shape index (κ3) is 2.89. The predicted octanol–water partition coefficient (Wildman–Crippen LogP) is 3.78. The molecule has 1 spiro atoms. The van der Waals surface area contributed by atoms with Gasteiger partial charge in [-0.15, -0.1) is 0 Å². The molecule has 3 aromatic rings. The van der Waals surface area contributed by atoms with Gasteiger partial charge in [0.1, 0.15) is 17.8 Å². The summed E-state index contributed by atoms with van der Waals surface area (Å²) in [5, 5.41) is 2.95. The molecule has 34 heavy (non-hydrogen) atoms. The van der Waals surface area contributed by atoms with Crippen molar-refractivity contribution in [3.8, 4) is 17.2 Å². The number of anilines is 1. The summed E-state index contributed by atoms with van der Waals surface area (Å²) in [6, 6.07) is 18.9. The van der Waals surface area contributed by atoms with E-state index >= 15 is 0 Å². The summed E-state index contributed by atoms with van der Waals surface area (Å²) in [5.74, 6) is 1.64. The predicted molar refractivity (Wildman–Crippen MR) is 126 cm³/mol. The molecule has 3 aliphatic rings. The Labute approximate surface area is 197 Å². The molecule has 7 heteroatoms. The second-order valence-corrected chi connectivity index (χ2v) is 9.09. The van der Waals surface area contributed by atoms with E-state index < -0.39 is 5.41 Å². The van der Waals surface area contributed by atoms with Gasteiger partial charge in [-0.3, -0.25) is 9.59 Å². The number of benzene rings is 3. The molecule has 3 heterocycles. The Bertz CT molecular complexity index is 1330. The smallest absolute Gasteiger partial charge is 0.251 e. The lowest BCUT2D eigenvalue weighted by molar-refractivity contribution is -0.122. The van der Waals surface area contributed by atoms with Crippen LogP contribution in [0.3, 0.4) is 0 Å². The van der Waals surface area contributed by atoms with E-state index in [0.717, 1.165) is 22.4 Å². The second kappa shape index (κ2) is 7.52. The summed E-state index contributed by atoms with van der Waals surface area (Å²) < 4.78 is 17.1. The van der Waals surface area contributed by atoms with Gasteiger partial charge >= 0.3 is 0 Å². The molecule has 0 fully saturated rings. The fourth-order valence-electron chi connectivity index (χ4n) is 5.11. The number of rotatable bonds is 4. The van der Waals surface area contributed by atoms with E-state index in [1.807, 2.05) is 62.4 Å². The summed E-state index contributed by atoms with van der Waals surface area (Å²) in [5.41, 5.74) is 2.87. The molecule has 0 saturated heterocycles. The number of para-hydroxylation sites is 1. The lowest BCUT2D eigenvalue weighted by Crippen LogP contribution is -2.42. The van der Waals surface area contributed by atoms with Gasteiger partial charge in [0, 0.05) is 28.9 Å². The van der Waals surface area contributed by atoms with Crippen LogP contribution in [0.4, 0.5) is 5.69 Å². The Morgan fingerprint density at radius 1 is 0.971 bits per heavy atom. The van der Waals surface area contributed by atoms with Crippen molar-refractivity contribution in [1.29, 1.82) is 0 Å². The molecule has 3 aromatic carbocycles. The van der Waals surface area contributed by atoms with E-state index in [1.165, 1.54) is 0 Å². The third-order valence-corrected chi connectivity index (χ3v) is 6.65. The number of carbonyl (C=O) groups is 2. The second-order valence-electron chi connectivity index (χ2n) is 9.09. The highest BCUT2D eigenvalue weighted by molar-refractivity contribution is 6.11. The van der Waals surface area contributed by atoms with Crippen LogP contribution in [0.15, 0.2) is 60.7 Å². The topological polar surface area (TPSA) is 77.1 Å². The molecule has 6 rings (SSSR count). The molecule has 0 radical (unpaired) electrons. The van der Waals surface area contributed by atoms with E-state index in [2.05, 4.69) is 5.32 Å². The monoisotopic (exact) mass is 456 g/mol. The first-order valence-corrected chi connectivity index (χ1v) is 11.4. The van der Waals surface area contributed by atoms with Crippen LogP contribution in [-0.4, -0.2) is 31.3 Å². The summed E-state index contributed by atoms with van der Waals surface area (Å²) in [6.07, 6.45) is 0. The Morgan fingerprint density at radius 3 is 2.53 bits per heavy atom. The van der Waals surface area contributed by atoms with E-state index in [-0.39, 0.29) is 37.8 Å². The van der Waals surface area contributed by atoms with Gasteiger partial charge in [-0.05, 0) is 43.2 Å². The van der Waals surface area contributed by atoms with Crippen LogP contribution in [0.2, 0.25) is 0 Å². The first-order chi connectivity index (χ1) is 16.5. The Morgan fingerprint density at radius 2 is 1.71 bits per heavy atom. The fraction of sp³-hybridized carbons (Fsp3) is 0.259. The van der Waals surface area contributed by atoms with Gasteiger partial charge in [0.05, 0.1) is 6.54 Å². The van der Waals surface area contributed by atoms with Gasteiger partial charge in [0.15, 0.2) is 11.5 Å². The summed E-state index contributed by atoms with van der Waals surface area (Å²) in [6.45, 7) is 4.48. The minimum Gasteiger partial charge on any atom is -0.491 e. The zero-order chi connectivity index (χ0) is 23.4. The molecule has 7 nitrogen and oxygen atoms in total. The molecule has 0 aromatic heterocycles. The van der Waals surface area contributed by atoms with E-state index in [4.69, 9.17) is 14.2 Å². The maximum absolute atomic E-state index is 14.2. The molecular weight excluding hydrogens is 432 g/mol. The number of hydrogen-bond donors (Lipinski definition) is 1. The van der Waals surface area contributed by atoms with Crippen LogP contribution in [0, 0.1) is 0 Å². The van der Waals surface area contributed by atoms with Crippen molar-refractivity contribution in [3.63, 3.8) is 0 Å². The molecule has 0 bridgehead atoms. The SMILES string of the molecule is CC(C)NC(=O)c1ccccc1CN1C(=O)C2(COc3cc4c(cc32)OCO4)c2ccccc21. The van der Waals surface area contributed by atoms with Gasteiger partial charge in [-0.2, -0.15) is 0 Å². The van der Waals surface area contributed by atoms with Crippen LogP contribution in [0.1, 0.15) is 40.9 Å². The molecule has 0 aliphatic carbocycles. The molecule has 3 aliphatic heterocycles. The number of carbonyl (C=O) groups excluding carboxylic acids is 2. The maximum Gasteiger partial charge on any atom is 0.251 e. The fourth-order valence-corrected chi connectivity index (χ4v) is 5.11. The van der Waals surface area contributed by atoms with Gasteiger partial charge in [0.25, 0.3) is 5.91 Å². The normalized spacial score (nSPS) is 19.4. The lowest BCUT2D eigenvalue weighted by Gasteiger charge is -2.24. The Kier molecular flexibility index (Phi) is 4.55. The summed E-state index contributed by atoms with van der Waals surface area (Å²) in [7, 11) is 0. The number of nitrogens with zero attached hydrogens (tertiary/aromatic N) is 1. The average Bonchev–Trinajstić information content (AvgIpc) is 3.50. The lowest BCUT2D eigenvalue weighted by atomic mass is 9.77. The maximum atomic E-state index is 14.2. The van der Waals surface area contributed by atoms with Crippen LogP contribution < -0.4 is 24.4 Å². The Balaban J connectivity index is 1.43. The van der Waals surface area contributed by atoms with Crippen molar-refractivity contribution < 1.29 is 23.8 Å². The number of nitrogens with one attached hydrogen (secondary N) is 1. The molecule has 172 valence electrons. The van der Waals surface area contributed by atoms with Crippen LogP contribution in [0.25, 0.3) is 0 Å². The molecule has 1 N–H and O–H groups in total. The van der Waals surface area contributed by atoms with E-state index in [1.54, 1.807) is 17.0 Å². The largest absolute Gasteiger partial charge is 0.491 e. The Hall–Kier alpha value is -4.00. The summed E-state index contributed by atoms with van der Waals surface area (Å²) in [4.78, 5) is 28.8. The average molecular weight is 456 g/mol. The van der Waals surface area contributed by atoms with E-state index in [9.17, 15) is 9.59 Å². The standard InChI is InChI=1S/C27H24N2O5/c1-16(2)28-25(30)18-8-4-3-7-17(18)13-29-21-10-6-5-9-19(21)27(26(29)31)14-32-22-12-24-23(11-20(22)27)33-15-34-24/h3-12,16H,13-15H2,1-2H3,(H,28,30). The first-order valence-electron chi connectivity index (χ1n) is 11.4. The quantitative estimate of drug-likeness (QED) is 0.647. The van der Waals surface area contributed by atoms with Crippen molar-refractivity contribution in [1.82, 2.24) is 5.32 Å². The summed E-state index contributed by atoms with van der Waals surface area (Å²) >= 11 is 0. The highest BCUT2D eigenvalue weighted by Crippen LogP contribution is 2.55. The number of amides is 2. The van der Waals surface area contributed by atoms with E-state index in [0.29, 0.717) is 22.8 Å². The van der Waals surface area contributed by atoms with Gasteiger partial charge in [0.2, 0.25) is 12.7 Å². The first kappa shape index (κ1) is 20.6. The number of hydrogen-bond acceptors (Lipinski definition) is 5. The van der Waals surface area contributed by atoms with Crippen LogP contribution in [-0.2, 0) is 16.8 Å². The van der Waals surface area contributed by atoms with Crippen molar-refractivity contribution in [2.75, 3.05) is 18.3 Å². The molecule has 1 atom stereocenters. The number of fused-ring (bicyclic) bond motifs is 5. The zero-order valence-corrected chi connectivity index (χ0v) is 19.0. The van der Waals surface area contributed by atoms with Gasteiger partial charge in [-0.1, -0.05) is 36.4 Å². The zero-order valence-electron chi connectivity index (χ0n) is 19.0. The van der Waals surface area contributed by atoms with Crippen LogP contribution in [0.5, 0.6) is 17.2 Å². The third-order valence-electron chi connectivity index (χ3n) is 6.65. The molecular formula is C27H24N2O5. The molecule has 0 saturated carbocycles. The number of ether oxygens (including phenoxy) is 3. The van der Waals surface area contributed by atoms with Crippen molar-refractivity contribution in [2.45, 2.75) is 31.8 Å². The van der Waals surface area contributed by atoms with Crippen LogP contribution >= 0.6 is 0 Å². The molecule has 2 amide bonds. The minimum absolute atomic E-state index is 0.0121. The minimum atomic E-state index is -0.970.